The third-order valence-electron chi connectivity index (χ3n) is 3.51. The molecule has 5 nitrogen and oxygen atoms in total. The molecule has 2 heterocycles. The molecular weight excluding hydrogens is 367 g/mol. The standard InChI is InChI=1S/C13H22N4OS.3ClH/c1-10(7-14)13(18)17-5-3-16(4-6-17)8-12-9-19-11(2)15-12;;;/h9-10H,3-8,14H2,1-2H3;3*1H. The first kappa shape index (κ1) is 24.1. The van der Waals surface area contributed by atoms with Crippen molar-refractivity contribution in [3.63, 3.8) is 0 Å². The van der Waals surface area contributed by atoms with Crippen molar-refractivity contribution in [3.05, 3.63) is 16.1 Å². The van der Waals surface area contributed by atoms with E-state index in [2.05, 4.69) is 15.3 Å². The maximum atomic E-state index is 12.0. The van der Waals surface area contributed by atoms with Gasteiger partial charge >= 0.3 is 0 Å². The number of hydrogen-bond acceptors (Lipinski definition) is 5. The Morgan fingerprint density at radius 1 is 1.32 bits per heavy atom. The van der Waals surface area contributed by atoms with E-state index in [4.69, 9.17) is 5.73 Å². The van der Waals surface area contributed by atoms with E-state index in [0.717, 1.165) is 43.4 Å². The zero-order valence-corrected chi connectivity index (χ0v) is 16.1. The normalized spacial score (nSPS) is 16.0. The van der Waals surface area contributed by atoms with E-state index in [1.807, 2.05) is 18.7 Å². The van der Waals surface area contributed by atoms with Gasteiger partial charge in [0.1, 0.15) is 0 Å². The van der Waals surface area contributed by atoms with E-state index < -0.39 is 0 Å². The Kier molecular flexibility index (Phi) is 12.5. The van der Waals surface area contributed by atoms with Gasteiger partial charge in [0.15, 0.2) is 0 Å². The summed E-state index contributed by atoms with van der Waals surface area (Å²) in [6.07, 6.45) is 0. The molecule has 0 saturated carbocycles. The van der Waals surface area contributed by atoms with E-state index in [9.17, 15) is 4.79 Å². The van der Waals surface area contributed by atoms with Crippen LogP contribution in [0.3, 0.4) is 0 Å². The van der Waals surface area contributed by atoms with Crippen molar-refractivity contribution in [1.29, 1.82) is 0 Å². The van der Waals surface area contributed by atoms with Crippen LogP contribution in [-0.2, 0) is 11.3 Å². The summed E-state index contributed by atoms with van der Waals surface area (Å²) < 4.78 is 0. The molecule has 1 aliphatic rings. The van der Waals surface area contributed by atoms with Gasteiger partial charge in [0.05, 0.1) is 10.7 Å². The molecule has 130 valence electrons. The third-order valence-corrected chi connectivity index (χ3v) is 4.33. The summed E-state index contributed by atoms with van der Waals surface area (Å²) in [6.45, 7) is 8.67. The van der Waals surface area contributed by atoms with Gasteiger partial charge in [0.25, 0.3) is 0 Å². The van der Waals surface area contributed by atoms with E-state index in [0.29, 0.717) is 6.54 Å². The van der Waals surface area contributed by atoms with Gasteiger partial charge in [0.2, 0.25) is 5.91 Å². The molecule has 22 heavy (non-hydrogen) atoms. The molecule has 1 atom stereocenters. The highest BCUT2D eigenvalue weighted by Gasteiger charge is 2.24. The van der Waals surface area contributed by atoms with Gasteiger partial charge in [-0.3, -0.25) is 9.69 Å². The smallest absolute Gasteiger partial charge is 0.226 e. The van der Waals surface area contributed by atoms with Crippen molar-refractivity contribution in [1.82, 2.24) is 14.8 Å². The number of thiazole rings is 1. The Morgan fingerprint density at radius 2 is 1.91 bits per heavy atom. The molecule has 2 rings (SSSR count). The van der Waals surface area contributed by atoms with Gasteiger partial charge in [-0.15, -0.1) is 48.6 Å². The van der Waals surface area contributed by atoms with Crippen LogP contribution in [-0.4, -0.2) is 53.4 Å². The van der Waals surface area contributed by atoms with Gasteiger partial charge in [-0.2, -0.15) is 0 Å². The lowest BCUT2D eigenvalue weighted by Crippen LogP contribution is -2.50. The monoisotopic (exact) mass is 390 g/mol. The molecular formula is C13H25Cl3N4OS. The average Bonchev–Trinajstić information content (AvgIpc) is 2.83. The molecule has 1 aromatic rings. The van der Waals surface area contributed by atoms with Gasteiger partial charge in [0, 0.05) is 50.6 Å². The van der Waals surface area contributed by atoms with Crippen molar-refractivity contribution in [2.45, 2.75) is 20.4 Å². The number of halogens is 3. The number of carbonyl (C=O) groups is 1. The van der Waals surface area contributed by atoms with Crippen LogP contribution in [0.1, 0.15) is 17.6 Å². The van der Waals surface area contributed by atoms with Crippen LogP contribution in [0.25, 0.3) is 0 Å². The van der Waals surface area contributed by atoms with E-state index in [1.165, 1.54) is 0 Å². The van der Waals surface area contributed by atoms with Crippen molar-refractivity contribution in [3.8, 4) is 0 Å². The first-order valence-corrected chi connectivity index (χ1v) is 7.60. The minimum atomic E-state index is -0.0623. The molecule has 1 aromatic heterocycles. The number of aromatic nitrogens is 1. The fraction of sp³-hybridized carbons (Fsp3) is 0.692. The topological polar surface area (TPSA) is 62.5 Å². The van der Waals surface area contributed by atoms with Crippen LogP contribution in [0.4, 0.5) is 0 Å². The summed E-state index contributed by atoms with van der Waals surface area (Å²) in [6, 6.07) is 0. The molecule has 0 spiro atoms. The van der Waals surface area contributed by atoms with Gasteiger partial charge in [-0.25, -0.2) is 4.98 Å². The molecule has 1 fully saturated rings. The Balaban J connectivity index is 0. The molecule has 0 radical (unpaired) electrons. The van der Waals surface area contributed by atoms with Gasteiger partial charge < -0.3 is 10.6 Å². The highest BCUT2D eigenvalue weighted by atomic mass is 35.5. The summed E-state index contributed by atoms with van der Waals surface area (Å²) in [5.41, 5.74) is 6.68. The van der Waals surface area contributed by atoms with Crippen molar-refractivity contribution in [2.24, 2.45) is 11.7 Å². The molecule has 0 aliphatic carbocycles. The van der Waals surface area contributed by atoms with Crippen molar-refractivity contribution in [2.75, 3.05) is 32.7 Å². The van der Waals surface area contributed by atoms with Crippen LogP contribution in [0.2, 0.25) is 0 Å². The van der Waals surface area contributed by atoms with Crippen LogP contribution in [0.15, 0.2) is 5.38 Å². The second kappa shape index (κ2) is 11.4. The largest absolute Gasteiger partial charge is 0.340 e. The molecule has 0 aromatic carbocycles. The first-order chi connectivity index (χ1) is 9.10. The van der Waals surface area contributed by atoms with Crippen LogP contribution < -0.4 is 5.73 Å². The van der Waals surface area contributed by atoms with Crippen molar-refractivity contribution < 1.29 is 4.79 Å². The number of nitrogens with zero attached hydrogens (tertiary/aromatic N) is 3. The first-order valence-electron chi connectivity index (χ1n) is 6.72. The summed E-state index contributed by atoms with van der Waals surface area (Å²) >= 11 is 1.69. The number of nitrogens with two attached hydrogens (primary N) is 1. The summed E-state index contributed by atoms with van der Waals surface area (Å²) in [5.74, 6) is 0.124. The minimum Gasteiger partial charge on any atom is -0.340 e. The number of hydrogen-bond donors (Lipinski definition) is 1. The lowest BCUT2D eigenvalue weighted by Gasteiger charge is -2.35. The molecule has 1 aliphatic heterocycles. The van der Waals surface area contributed by atoms with Gasteiger partial charge in [-0.05, 0) is 6.92 Å². The van der Waals surface area contributed by atoms with Crippen LogP contribution in [0.5, 0.6) is 0 Å². The number of aryl methyl sites for hydroxylation is 1. The second-order valence-corrected chi connectivity index (χ2v) is 6.16. The summed E-state index contributed by atoms with van der Waals surface area (Å²) in [5, 5.41) is 3.23. The fourth-order valence-electron chi connectivity index (χ4n) is 2.25. The minimum absolute atomic E-state index is 0. The zero-order valence-electron chi connectivity index (χ0n) is 12.9. The molecule has 1 unspecified atom stereocenters. The molecule has 9 heteroatoms. The number of carbonyl (C=O) groups excluding carboxylic acids is 1. The average molecular weight is 392 g/mol. The highest BCUT2D eigenvalue weighted by Crippen LogP contribution is 2.13. The predicted octanol–water partition coefficient (Wildman–Crippen LogP) is 1.96. The predicted molar refractivity (Wildman–Crippen MR) is 98.7 cm³/mol. The number of piperazine rings is 1. The fourth-order valence-corrected chi connectivity index (χ4v) is 2.85. The quantitative estimate of drug-likeness (QED) is 0.852. The van der Waals surface area contributed by atoms with E-state index >= 15 is 0 Å². The summed E-state index contributed by atoms with van der Waals surface area (Å²) in [7, 11) is 0. The Bertz CT molecular complexity index is 439. The maximum absolute atomic E-state index is 12.0. The molecule has 1 amide bonds. The molecule has 0 bridgehead atoms. The van der Waals surface area contributed by atoms with Crippen LogP contribution in [0, 0.1) is 12.8 Å². The van der Waals surface area contributed by atoms with Gasteiger partial charge in [-0.1, -0.05) is 6.92 Å². The lowest BCUT2D eigenvalue weighted by atomic mass is 10.1. The maximum Gasteiger partial charge on any atom is 0.226 e. The second-order valence-electron chi connectivity index (χ2n) is 5.10. The Morgan fingerprint density at radius 3 is 2.36 bits per heavy atom. The Hall–Kier alpha value is -0.110. The Labute approximate surface area is 154 Å². The number of amides is 1. The summed E-state index contributed by atoms with van der Waals surface area (Å²) in [4.78, 5) is 20.8. The van der Waals surface area contributed by atoms with Crippen LogP contribution >= 0.6 is 48.6 Å². The highest BCUT2D eigenvalue weighted by molar-refractivity contribution is 7.09. The van der Waals surface area contributed by atoms with E-state index in [1.54, 1.807) is 11.3 Å². The molecule has 2 N–H and O–H groups in total. The zero-order chi connectivity index (χ0) is 13.8. The van der Waals surface area contributed by atoms with Crippen molar-refractivity contribution >= 4 is 54.5 Å². The third kappa shape index (κ3) is 6.56. The number of rotatable bonds is 4. The lowest BCUT2D eigenvalue weighted by molar-refractivity contribution is -0.136. The SMILES string of the molecule is Cc1nc(CN2CCN(C(=O)C(C)CN)CC2)cs1.Cl.Cl.Cl. The van der Waals surface area contributed by atoms with E-state index in [-0.39, 0.29) is 49.0 Å². The molecule has 1 saturated heterocycles.